The Morgan fingerprint density at radius 2 is 2.24 bits per heavy atom. The lowest BCUT2D eigenvalue weighted by Crippen LogP contribution is -2.23. The summed E-state index contributed by atoms with van der Waals surface area (Å²) in [6, 6.07) is 0. The Bertz CT molecular complexity index is 538. The number of hydrogen-bond acceptors (Lipinski definition) is 6. The number of nitrogens with one attached hydrogen (secondary N) is 2. The molecule has 1 aromatic heterocycles. The van der Waals surface area contributed by atoms with Crippen molar-refractivity contribution in [2.24, 2.45) is 5.73 Å². The lowest BCUT2D eigenvalue weighted by molar-refractivity contribution is 0.0960. The Kier molecular flexibility index (Phi) is 5.03. The van der Waals surface area contributed by atoms with Crippen LogP contribution in [0.5, 0.6) is 0 Å². The third-order valence-corrected chi connectivity index (χ3v) is 4.41. The van der Waals surface area contributed by atoms with Gasteiger partial charge in [0.1, 0.15) is 9.88 Å². The van der Waals surface area contributed by atoms with Gasteiger partial charge in [-0.1, -0.05) is 0 Å². The maximum absolute atomic E-state index is 11.9. The molecule has 0 radical (unpaired) electrons. The van der Waals surface area contributed by atoms with Crippen LogP contribution in [0.15, 0.2) is 0 Å². The van der Waals surface area contributed by atoms with E-state index in [2.05, 4.69) is 10.6 Å². The van der Waals surface area contributed by atoms with Crippen LogP contribution in [0.1, 0.15) is 39.8 Å². The van der Waals surface area contributed by atoms with Crippen molar-refractivity contribution in [3.8, 4) is 0 Å². The third-order valence-electron chi connectivity index (χ3n) is 3.25. The molecule has 2 heterocycles. The molecule has 1 aliphatic heterocycles. The van der Waals surface area contributed by atoms with Gasteiger partial charge in [-0.25, -0.2) is 0 Å². The zero-order valence-electron chi connectivity index (χ0n) is 11.9. The summed E-state index contributed by atoms with van der Waals surface area (Å²) in [7, 11) is 0. The number of anilines is 2. The van der Waals surface area contributed by atoms with Crippen molar-refractivity contribution in [3.63, 3.8) is 0 Å². The summed E-state index contributed by atoms with van der Waals surface area (Å²) in [5.74, 6) is -0.943. The molecule has 1 aliphatic rings. The van der Waals surface area contributed by atoms with Crippen LogP contribution in [-0.2, 0) is 4.74 Å². The summed E-state index contributed by atoms with van der Waals surface area (Å²) < 4.78 is 5.51. The number of nitrogens with two attached hydrogens (primary N) is 2. The van der Waals surface area contributed by atoms with Gasteiger partial charge in [-0.3, -0.25) is 9.59 Å². The van der Waals surface area contributed by atoms with E-state index in [4.69, 9.17) is 16.2 Å². The summed E-state index contributed by atoms with van der Waals surface area (Å²) in [5, 5.41) is 6.32. The Balaban J connectivity index is 2.19. The second-order valence-electron chi connectivity index (χ2n) is 4.79. The van der Waals surface area contributed by atoms with Crippen molar-refractivity contribution >= 4 is 33.8 Å². The van der Waals surface area contributed by atoms with E-state index in [0.29, 0.717) is 23.0 Å². The highest BCUT2D eigenvalue weighted by molar-refractivity contribution is 7.19. The number of carbonyl (C=O) groups is 2. The Labute approximate surface area is 127 Å². The van der Waals surface area contributed by atoms with E-state index >= 15 is 0 Å². The fourth-order valence-electron chi connectivity index (χ4n) is 2.23. The second-order valence-corrected chi connectivity index (χ2v) is 5.81. The van der Waals surface area contributed by atoms with Gasteiger partial charge < -0.3 is 26.8 Å². The number of thiophene rings is 1. The van der Waals surface area contributed by atoms with Gasteiger partial charge in [0.05, 0.1) is 17.4 Å². The van der Waals surface area contributed by atoms with E-state index in [0.717, 1.165) is 30.8 Å². The van der Waals surface area contributed by atoms with Crippen LogP contribution in [0.2, 0.25) is 0 Å². The van der Waals surface area contributed by atoms with Crippen molar-refractivity contribution in [3.05, 3.63) is 10.4 Å². The molecular weight excluding hydrogens is 292 g/mol. The number of carbonyl (C=O) groups excluding carboxylic acids is 2. The summed E-state index contributed by atoms with van der Waals surface area (Å²) in [5.41, 5.74) is 11.6. The molecule has 7 nitrogen and oxygen atoms in total. The first-order chi connectivity index (χ1) is 10.0. The van der Waals surface area contributed by atoms with E-state index < -0.39 is 5.91 Å². The minimum Gasteiger partial charge on any atom is -0.397 e. The van der Waals surface area contributed by atoms with E-state index in [9.17, 15) is 9.59 Å². The highest BCUT2D eigenvalue weighted by Gasteiger charge is 2.25. The molecule has 21 heavy (non-hydrogen) atoms. The largest absolute Gasteiger partial charge is 0.397 e. The van der Waals surface area contributed by atoms with Crippen LogP contribution in [0.25, 0.3) is 0 Å². The normalized spacial score (nSPS) is 17.7. The first-order valence-electron chi connectivity index (χ1n) is 6.90. The third kappa shape index (κ3) is 3.45. The molecule has 1 aromatic rings. The van der Waals surface area contributed by atoms with E-state index in [1.807, 2.05) is 6.92 Å². The lowest BCUT2D eigenvalue weighted by Gasteiger charge is -2.11. The van der Waals surface area contributed by atoms with Gasteiger partial charge in [0.25, 0.3) is 11.8 Å². The van der Waals surface area contributed by atoms with Crippen molar-refractivity contribution in [2.45, 2.75) is 25.9 Å². The van der Waals surface area contributed by atoms with Gasteiger partial charge in [0.2, 0.25) is 0 Å². The quantitative estimate of drug-likeness (QED) is 0.618. The van der Waals surface area contributed by atoms with Crippen LogP contribution in [0, 0.1) is 0 Å². The maximum Gasteiger partial charge on any atom is 0.263 e. The van der Waals surface area contributed by atoms with Crippen molar-refractivity contribution < 1.29 is 14.3 Å². The summed E-state index contributed by atoms with van der Waals surface area (Å²) in [6.45, 7) is 3.62. The van der Waals surface area contributed by atoms with Gasteiger partial charge >= 0.3 is 0 Å². The van der Waals surface area contributed by atoms with Crippen LogP contribution < -0.4 is 22.1 Å². The maximum atomic E-state index is 11.9. The van der Waals surface area contributed by atoms with Gasteiger partial charge in [-0.05, 0) is 19.8 Å². The molecule has 1 fully saturated rings. The van der Waals surface area contributed by atoms with E-state index in [-0.39, 0.29) is 23.3 Å². The zero-order chi connectivity index (χ0) is 15.4. The van der Waals surface area contributed by atoms with Gasteiger partial charge in [0.15, 0.2) is 0 Å². The van der Waals surface area contributed by atoms with Crippen molar-refractivity contribution in [1.29, 1.82) is 0 Å². The second kappa shape index (κ2) is 6.77. The Hall–Kier alpha value is -1.80. The molecule has 1 atom stereocenters. The predicted octanol–water partition coefficient (Wildman–Crippen LogP) is 0.770. The molecule has 1 saturated heterocycles. The minimum atomic E-state index is -0.644. The van der Waals surface area contributed by atoms with Crippen molar-refractivity contribution in [1.82, 2.24) is 5.32 Å². The molecular formula is C13H20N4O3S. The summed E-state index contributed by atoms with van der Waals surface area (Å²) >= 11 is 1.14. The Morgan fingerprint density at radius 1 is 1.48 bits per heavy atom. The minimum absolute atomic E-state index is 0.113. The monoisotopic (exact) mass is 312 g/mol. The van der Waals surface area contributed by atoms with Crippen LogP contribution >= 0.6 is 11.3 Å². The smallest absolute Gasteiger partial charge is 0.263 e. The lowest BCUT2D eigenvalue weighted by atomic mass is 10.2. The fourth-order valence-corrected chi connectivity index (χ4v) is 3.28. The first-order valence-corrected chi connectivity index (χ1v) is 7.72. The van der Waals surface area contributed by atoms with Crippen LogP contribution in [0.4, 0.5) is 10.7 Å². The molecule has 6 N–H and O–H groups in total. The highest BCUT2D eigenvalue weighted by Crippen LogP contribution is 2.35. The Morgan fingerprint density at radius 3 is 2.81 bits per heavy atom. The number of amides is 2. The molecule has 0 bridgehead atoms. The standard InChI is InChI=1S/C13H20N4O3S/c1-2-16-12(19)10-9(14)8(11(15)18)13(21-10)17-6-7-4-3-5-20-7/h7,17H,2-6,14H2,1H3,(H2,15,18)(H,16,19). The van der Waals surface area contributed by atoms with E-state index in [1.54, 1.807) is 0 Å². The summed E-state index contributed by atoms with van der Waals surface area (Å²) in [4.78, 5) is 23.8. The number of primary amides is 1. The molecule has 0 aromatic carbocycles. The zero-order valence-corrected chi connectivity index (χ0v) is 12.7. The molecule has 0 saturated carbocycles. The molecule has 116 valence electrons. The fraction of sp³-hybridized carbons (Fsp3) is 0.538. The molecule has 1 unspecified atom stereocenters. The summed E-state index contributed by atoms with van der Waals surface area (Å²) in [6.07, 6.45) is 2.12. The average molecular weight is 312 g/mol. The SMILES string of the molecule is CCNC(=O)c1sc(NCC2CCCO2)c(C(N)=O)c1N. The van der Waals surface area contributed by atoms with Gasteiger partial charge in [-0.15, -0.1) is 11.3 Å². The molecule has 8 heteroatoms. The van der Waals surface area contributed by atoms with Gasteiger partial charge in [-0.2, -0.15) is 0 Å². The highest BCUT2D eigenvalue weighted by atomic mass is 32.1. The average Bonchev–Trinajstić information content (AvgIpc) is 3.03. The molecule has 0 aliphatic carbocycles. The van der Waals surface area contributed by atoms with Crippen LogP contribution in [-0.4, -0.2) is 37.6 Å². The number of rotatable bonds is 6. The van der Waals surface area contributed by atoms with E-state index in [1.165, 1.54) is 0 Å². The topological polar surface area (TPSA) is 119 Å². The number of nitrogen functional groups attached to an aromatic ring is 1. The molecule has 2 rings (SSSR count). The predicted molar refractivity (Wildman–Crippen MR) is 82.7 cm³/mol. The van der Waals surface area contributed by atoms with Crippen LogP contribution in [0.3, 0.4) is 0 Å². The number of ether oxygens (including phenoxy) is 1. The molecule has 2 amide bonds. The van der Waals surface area contributed by atoms with Crippen molar-refractivity contribution in [2.75, 3.05) is 30.7 Å². The molecule has 0 spiro atoms. The first kappa shape index (κ1) is 15.6. The number of hydrogen-bond donors (Lipinski definition) is 4. The van der Waals surface area contributed by atoms with Gasteiger partial charge in [0, 0.05) is 19.7 Å².